The summed E-state index contributed by atoms with van der Waals surface area (Å²) in [7, 11) is 2.72. The van der Waals surface area contributed by atoms with E-state index in [1.807, 2.05) is 0 Å². The van der Waals surface area contributed by atoms with Crippen LogP contribution in [0.5, 0.6) is 0 Å². The number of esters is 4. The summed E-state index contributed by atoms with van der Waals surface area (Å²) in [6.07, 6.45) is -11.3. The van der Waals surface area contributed by atoms with Crippen LogP contribution in [0, 0.1) is 16.7 Å². The SMILES string of the molecule is CO[C@H]1C(=O)[C@]2(C)[C@@H](OC)CC3OC[C@@]3(OC(C)=O)[C@H]2[C@H](OC(=O)c2ccccc2)[C@]2(O)C[C@H](OC(=O)[C@H](OC(=O)CCC(=O)O)[C@@H](NC(=O)OC(C)(C)C)c3ccccc3)C(C)=C1C2(C)C. The Bertz CT molecular complexity index is 2270. The van der Waals surface area contributed by atoms with E-state index in [1.54, 1.807) is 97.0 Å². The van der Waals surface area contributed by atoms with Gasteiger partial charge < -0.3 is 53.4 Å². The number of ketones is 1. The summed E-state index contributed by atoms with van der Waals surface area (Å²) in [4.78, 5) is 96.5. The number of carbonyl (C=O) groups is 7. The Labute approximate surface area is 388 Å². The minimum atomic E-state index is -2.33. The molecule has 6 rings (SSSR count). The number of hydrogen-bond donors (Lipinski definition) is 3. The molecule has 2 bridgehead atoms. The number of aliphatic hydroxyl groups is 1. The van der Waals surface area contributed by atoms with Crippen molar-refractivity contribution in [3.8, 4) is 0 Å². The molecule has 1 unspecified atom stereocenters. The number of amides is 1. The summed E-state index contributed by atoms with van der Waals surface area (Å²) >= 11 is 0. The van der Waals surface area contributed by atoms with Gasteiger partial charge in [0, 0.05) is 39.4 Å². The second kappa shape index (κ2) is 19.1. The summed E-state index contributed by atoms with van der Waals surface area (Å²) in [6.45, 7) is 12.3. The lowest BCUT2D eigenvalue weighted by Gasteiger charge is -2.67. The molecule has 1 amide bonds. The quantitative estimate of drug-likeness (QED) is 0.128. The van der Waals surface area contributed by atoms with Crippen LogP contribution in [0.3, 0.4) is 0 Å². The first-order valence-electron chi connectivity index (χ1n) is 22.1. The largest absolute Gasteiger partial charge is 0.481 e. The van der Waals surface area contributed by atoms with Crippen LogP contribution in [0.15, 0.2) is 71.8 Å². The molecule has 3 N–H and O–H groups in total. The fourth-order valence-electron chi connectivity index (χ4n) is 10.6. The molecule has 0 spiro atoms. The molecule has 2 aromatic rings. The number of nitrogens with one attached hydrogen (secondary N) is 1. The summed E-state index contributed by atoms with van der Waals surface area (Å²) in [5, 5.41) is 25.9. The molecule has 11 atom stereocenters. The maximum absolute atomic E-state index is 15.7. The van der Waals surface area contributed by atoms with Crippen molar-refractivity contribution < 1.29 is 81.7 Å². The third-order valence-electron chi connectivity index (χ3n) is 13.8. The second-order valence-electron chi connectivity index (χ2n) is 19.4. The van der Waals surface area contributed by atoms with Crippen molar-refractivity contribution in [2.45, 2.75) is 141 Å². The number of alkyl carbamates (subject to hydrolysis) is 1. The number of Topliss-reactive ketones (excluding diaryl/α,β-unsaturated/α-hetero) is 1. The van der Waals surface area contributed by atoms with Gasteiger partial charge in [-0.15, -0.1) is 0 Å². The van der Waals surface area contributed by atoms with Crippen molar-refractivity contribution in [3.05, 3.63) is 82.9 Å². The van der Waals surface area contributed by atoms with Gasteiger partial charge in [-0.1, -0.05) is 62.4 Å². The first-order valence-corrected chi connectivity index (χ1v) is 22.1. The number of carboxylic acid groups (broad SMARTS) is 1. The van der Waals surface area contributed by atoms with Gasteiger partial charge in [-0.25, -0.2) is 14.4 Å². The zero-order valence-corrected chi connectivity index (χ0v) is 39.4. The zero-order chi connectivity index (χ0) is 49.4. The predicted molar refractivity (Wildman–Crippen MR) is 234 cm³/mol. The molecule has 18 nitrogen and oxygen atoms in total. The van der Waals surface area contributed by atoms with E-state index in [4.69, 9.17) is 37.9 Å². The van der Waals surface area contributed by atoms with E-state index in [-0.39, 0.29) is 35.3 Å². The molecule has 4 aliphatic rings. The summed E-state index contributed by atoms with van der Waals surface area (Å²) in [5.41, 5.74) is -7.49. The van der Waals surface area contributed by atoms with E-state index in [2.05, 4.69) is 5.32 Å². The van der Waals surface area contributed by atoms with Crippen LogP contribution in [-0.2, 0) is 61.9 Å². The van der Waals surface area contributed by atoms with Gasteiger partial charge in [0.2, 0.25) is 6.10 Å². The summed E-state index contributed by atoms with van der Waals surface area (Å²) in [6, 6.07) is 14.5. The number of fused-ring (bicyclic) bond motifs is 5. The van der Waals surface area contributed by atoms with Gasteiger partial charge in [0.1, 0.15) is 41.7 Å². The average molecular weight is 936 g/mol. The van der Waals surface area contributed by atoms with E-state index in [1.165, 1.54) is 33.3 Å². The molecular formula is C49H61NO17. The molecule has 1 heterocycles. The highest BCUT2D eigenvalue weighted by Crippen LogP contribution is 2.65. The van der Waals surface area contributed by atoms with Gasteiger partial charge in [0.05, 0.1) is 42.4 Å². The van der Waals surface area contributed by atoms with Gasteiger partial charge in [-0.3, -0.25) is 19.2 Å². The van der Waals surface area contributed by atoms with Gasteiger partial charge in [-0.05, 0) is 63.5 Å². The number of benzene rings is 2. The fourth-order valence-corrected chi connectivity index (χ4v) is 10.6. The Morgan fingerprint density at radius 2 is 1.54 bits per heavy atom. The Kier molecular flexibility index (Phi) is 14.5. The van der Waals surface area contributed by atoms with Crippen molar-refractivity contribution in [2.24, 2.45) is 16.7 Å². The minimum absolute atomic E-state index is 0.0743. The van der Waals surface area contributed by atoms with Crippen LogP contribution >= 0.6 is 0 Å². The van der Waals surface area contributed by atoms with Gasteiger partial charge in [0.25, 0.3) is 0 Å². The van der Waals surface area contributed by atoms with Crippen LogP contribution in [0.2, 0.25) is 0 Å². The van der Waals surface area contributed by atoms with Gasteiger partial charge in [-0.2, -0.15) is 0 Å². The molecule has 3 fully saturated rings. The smallest absolute Gasteiger partial charge is 0.408 e. The topological polar surface area (TPSA) is 246 Å². The van der Waals surface area contributed by atoms with Crippen molar-refractivity contribution >= 4 is 41.7 Å². The molecule has 3 aliphatic carbocycles. The second-order valence-corrected chi connectivity index (χ2v) is 19.4. The lowest BCUT2D eigenvalue weighted by atomic mass is 9.44. The van der Waals surface area contributed by atoms with E-state index >= 15 is 4.79 Å². The number of rotatable bonds is 14. The first-order chi connectivity index (χ1) is 31.4. The lowest BCUT2D eigenvalue weighted by Crippen LogP contribution is -2.82. The third kappa shape index (κ3) is 9.45. The molecule has 67 heavy (non-hydrogen) atoms. The Hall–Kier alpha value is -5.69. The van der Waals surface area contributed by atoms with Crippen molar-refractivity contribution in [1.82, 2.24) is 5.32 Å². The summed E-state index contributed by atoms with van der Waals surface area (Å²) in [5.74, 6) is -7.26. The number of aliphatic carboxylic acids is 1. The van der Waals surface area contributed by atoms with E-state index < -0.39 is 137 Å². The Morgan fingerprint density at radius 1 is 0.910 bits per heavy atom. The molecule has 364 valence electrons. The van der Waals surface area contributed by atoms with E-state index in [0.29, 0.717) is 0 Å². The molecular weight excluding hydrogens is 875 g/mol. The summed E-state index contributed by atoms with van der Waals surface area (Å²) < 4.78 is 48.4. The Balaban J connectivity index is 1.56. The molecule has 2 saturated carbocycles. The van der Waals surface area contributed by atoms with Gasteiger partial charge in [0.15, 0.2) is 11.4 Å². The number of ether oxygens (including phenoxy) is 8. The fraction of sp³-hybridized carbons (Fsp3) is 0.571. The third-order valence-corrected chi connectivity index (χ3v) is 13.8. The molecule has 18 heteroatoms. The van der Waals surface area contributed by atoms with Crippen LogP contribution in [0.4, 0.5) is 4.79 Å². The van der Waals surface area contributed by atoms with Crippen LogP contribution in [0.25, 0.3) is 0 Å². The van der Waals surface area contributed by atoms with Crippen molar-refractivity contribution in [2.75, 3.05) is 20.8 Å². The van der Waals surface area contributed by atoms with Crippen LogP contribution in [-0.4, -0.2) is 126 Å². The number of hydrogen-bond acceptors (Lipinski definition) is 16. The lowest BCUT2D eigenvalue weighted by molar-refractivity contribution is -0.347. The van der Waals surface area contributed by atoms with Crippen LogP contribution < -0.4 is 5.32 Å². The monoisotopic (exact) mass is 935 g/mol. The highest BCUT2D eigenvalue weighted by Gasteiger charge is 2.78. The first kappa shape index (κ1) is 50.7. The molecule has 2 aromatic carbocycles. The normalized spacial score (nSPS) is 30.6. The van der Waals surface area contributed by atoms with Crippen LogP contribution in [0.1, 0.15) is 103 Å². The molecule has 0 radical (unpaired) electrons. The molecule has 1 aliphatic heterocycles. The average Bonchev–Trinajstić information content (AvgIpc) is 3.25. The molecule has 1 saturated heterocycles. The Morgan fingerprint density at radius 3 is 2.07 bits per heavy atom. The number of carbonyl (C=O) groups excluding carboxylic acids is 6. The standard InChI is InChI=1S/C49H61NO17/c1-26-30(63-43(57)38(64-34(54)22-21-33(52)53)36(28-17-13-11-14-18-28)50-44(58)67-45(3,4)5)24-49(59)41(65-42(56)29-19-15-12-16-20-29)39-47(8,40(55)37(61-10)35(26)46(49,6)7)31(60-9)23-32-48(39,25-62-32)66-27(2)51/h11-20,30-32,36-39,41,59H,21-25H2,1-10H3,(H,50,58)(H,52,53)/t30-,31-,32?,36-,37+,38+,39-,41-,47+,48-,49+/m0/s1. The van der Waals surface area contributed by atoms with E-state index in [0.717, 1.165) is 0 Å². The maximum Gasteiger partial charge on any atom is 0.408 e. The van der Waals surface area contributed by atoms with Crippen molar-refractivity contribution in [1.29, 1.82) is 0 Å². The van der Waals surface area contributed by atoms with Crippen molar-refractivity contribution in [3.63, 3.8) is 0 Å². The maximum atomic E-state index is 15.7. The number of methoxy groups -OCH3 is 2. The molecule has 0 aromatic heterocycles. The highest BCUT2D eigenvalue weighted by atomic mass is 16.6. The minimum Gasteiger partial charge on any atom is -0.481 e. The zero-order valence-electron chi connectivity index (χ0n) is 39.4. The highest BCUT2D eigenvalue weighted by molar-refractivity contribution is 5.94. The van der Waals surface area contributed by atoms with Gasteiger partial charge >= 0.3 is 35.9 Å². The predicted octanol–water partition coefficient (Wildman–Crippen LogP) is 4.98. The van der Waals surface area contributed by atoms with E-state index in [9.17, 15) is 39.0 Å². The number of carboxylic acids is 1.